The molecular formula is C16H18O3. The third-order valence-electron chi connectivity index (χ3n) is 2.79. The van der Waals surface area contributed by atoms with Gasteiger partial charge in [-0.2, -0.15) is 0 Å². The van der Waals surface area contributed by atoms with Crippen molar-refractivity contribution in [2.45, 2.75) is 26.4 Å². The molecule has 19 heavy (non-hydrogen) atoms. The van der Waals surface area contributed by atoms with E-state index in [4.69, 9.17) is 9.15 Å². The number of ether oxygens (including phenoxy) is 1. The lowest BCUT2D eigenvalue weighted by Crippen LogP contribution is -2.09. The second kappa shape index (κ2) is 6.23. The summed E-state index contributed by atoms with van der Waals surface area (Å²) in [5.41, 5.74) is 0. The Morgan fingerprint density at radius 2 is 1.89 bits per heavy atom. The van der Waals surface area contributed by atoms with Gasteiger partial charge in [-0.1, -0.05) is 32.0 Å². The van der Waals surface area contributed by atoms with E-state index in [0.717, 1.165) is 12.2 Å². The first-order valence-corrected chi connectivity index (χ1v) is 6.45. The van der Waals surface area contributed by atoms with Crippen molar-refractivity contribution in [3.8, 4) is 5.75 Å². The van der Waals surface area contributed by atoms with Crippen LogP contribution < -0.4 is 4.74 Å². The van der Waals surface area contributed by atoms with E-state index in [0.29, 0.717) is 23.7 Å². The number of para-hydroxylation sites is 1. The molecule has 1 aromatic carbocycles. The minimum atomic E-state index is -0.170. The van der Waals surface area contributed by atoms with E-state index in [1.165, 1.54) is 0 Å². The summed E-state index contributed by atoms with van der Waals surface area (Å²) >= 11 is 0. The molecule has 0 radical (unpaired) electrons. The Morgan fingerprint density at radius 3 is 2.47 bits per heavy atom. The van der Waals surface area contributed by atoms with E-state index in [2.05, 4.69) is 13.8 Å². The van der Waals surface area contributed by atoms with Gasteiger partial charge in [-0.15, -0.1) is 0 Å². The molecule has 0 fully saturated rings. The van der Waals surface area contributed by atoms with Crippen LogP contribution in [0, 0.1) is 5.92 Å². The van der Waals surface area contributed by atoms with E-state index in [1.54, 1.807) is 12.1 Å². The maximum Gasteiger partial charge on any atom is 0.185 e. The van der Waals surface area contributed by atoms with Gasteiger partial charge in [-0.05, 0) is 36.6 Å². The van der Waals surface area contributed by atoms with Gasteiger partial charge < -0.3 is 9.15 Å². The second-order valence-corrected chi connectivity index (χ2v) is 4.91. The predicted octanol–water partition coefficient (Wildman–Crippen LogP) is 4.26. The number of carbonyl (C=O) groups is 1. The van der Waals surface area contributed by atoms with Crippen molar-refractivity contribution >= 4 is 6.29 Å². The van der Waals surface area contributed by atoms with E-state index in [1.807, 2.05) is 30.3 Å². The highest BCUT2D eigenvalue weighted by atomic mass is 16.5. The lowest BCUT2D eigenvalue weighted by molar-refractivity contribution is 0.108. The number of furan rings is 1. The van der Waals surface area contributed by atoms with Gasteiger partial charge in [-0.25, -0.2) is 0 Å². The average Bonchev–Trinajstić information content (AvgIpc) is 2.87. The van der Waals surface area contributed by atoms with Gasteiger partial charge in [0.25, 0.3) is 0 Å². The largest absolute Gasteiger partial charge is 0.482 e. The molecule has 3 heteroatoms. The van der Waals surface area contributed by atoms with Crippen LogP contribution in [0.5, 0.6) is 5.75 Å². The van der Waals surface area contributed by atoms with E-state index in [-0.39, 0.29) is 6.10 Å². The summed E-state index contributed by atoms with van der Waals surface area (Å²) in [4.78, 5) is 10.7. The zero-order chi connectivity index (χ0) is 13.7. The number of hydrogen-bond donors (Lipinski definition) is 0. The first kappa shape index (κ1) is 13.4. The molecule has 0 aliphatic rings. The highest BCUT2D eigenvalue weighted by Gasteiger charge is 2.19. The fourth-order valence-electron chi connectivity index (χ4n) is 1.92. The topological polar surface area (TPSA) is 39.4 Å². The Balaban J connectivity index is 2.18. The highest BCUT2D eigenvalue weighted by Crippen LogP contribution is 2.28. The van der Waals surface area contributed by atoms with Gasteiger partial charge in [0, 0.05) is 0 Å². The fourth-order valence-corrected chi connectivity index (χ4v) is 1.92. The third-order valence-corrected chi connectivity index (χ3v) is 2.79. The highest BCUT2D eigenvalue weighted by molar-refractivity contribution is 5.70. The molecular weight excluding hydrogens is 240 g/mol. The number of aldehydes is 1. The standard InChI is InChI=1S/C16H18O3/c1-12(2)10-16(15-9-8-14(11-17)19-15)18-13-6-4-3-5-7-13/h3-9,11-12,16H,10H2,1-2H3. The molecule has 0 N–H and O–H groups in total. The van der Waals surface area contributed by atoms with Crippen LogP contribution in [0.15, 0.2) is 46.9 Å². The van der Waals surface area contributed by atoms with Gasteiger partial charge in [0.15, 0.2) is 18.2 Å². The monoisotopic (exact) mass is 258 g/mol. The Labute approximate surface area is 113 Å². The van der Waals surface area contributed by atoms with E-state index in [9.17, 15) is 4.79 Å². The number of rotatable bonds is 6. The molecule has 3 nitrogen and oxygen atoms in total. The molecule has 1 heterocycles. The predicted molar refractivity (Wildman–Crippen MR) is 73.4 cm³/mol. The molecule has 0 spiro atoms. The fraction of sp³-hybridized carbons (Fsp3) is 0.312. The number of carbonyl (C=O) groups excluding carboxylic acids is 1. The molecule has 0 aliphatic carbocycles. The van der Waals surface area contributed by atoms with Crippen molar-refractivity contribution in [3.63, 3.8) is 0 Å². The molecule has 2 rings (SSSR count). The molecule has 1 aromatic heterocycles. The molecule has 0 saturated heterocycles. The molecule has 1 unspecified atom stereocenters. The minimum Gasteiger partial charge on any atom is -0.482 e. The Morgan fingerprint density at radius 1 is 1.16 bits per heavy atom. The summed E-state index contributed by atoms with van der Waals surface area (Å²) in [6.07, 6.45) is 1.37. The minimum absolute atomic E-state index is 0.170. The maximum atomic E-state index is 10.7. The van der Waals surface area contributed by atoms with Crippen LogP contribution in [0.2, 0.25) is 0 Å². The quantitative estimate of drug-likeness (QED) is 0.727. The molecule has 0 aliphatic heterocycles. The summed E-state index contributed by atoms with van der Waals surface area (Å²) in [5.74, 6) is 2.30. The average molecular weight is 258 g/mol. The van der Waals surface area contributed by atoms with Crippen molar-refractivity contribution in [2.75, 3.05) is 0 Å². The second-order valence-electron chi connectivity index (χ2n) is 4.91. The summed E-state index contributed by atoms with van der Waals surface area (Å²) in [6, 6.07) is 13.1. The SMILES string of the molecule is CC(C)CC(Oc1ccccc1)c1ccc(C=O)o1. The van der Waals surface area contributed by atoms with Crippen molar-refractivity contribution in [1.29, 1.82) is 0 Å². The summed E-state index contributed by atoms with van der Waals surface area (Å²) in [6.45, 7) is 4.26. The molecule has 2 aromatic rings. The molecule has 0 amide bonds. The Hall–Kier alpha value is -2.03. The van der Waals surface area contributed by atoms with Crippen LogP contribution in [0.3, 0.4) is 0 Å². The Kier molecular flexibility index (Phi) is 4.39. The molecule has 0 saturated carbocycles. The van der Waals surface area contributed by atoms with Crippen LogP contribution in [-0.4, -0.2) is 6.29 Å². The first-order chi connectivity index (χ1) is 9.19. The Bertz CT molecular complexity index is 514. The van der Waals surface area contributed by atoms with Gasteiger partial charge >= 0.3 is 0 Å². The lowest BCUT2D eigenvalue weighted by atomic mass is 10.0. The van der Waals surface area contributed by atoms with Crippen LogP contribution in [0.1, 0.15) is 42.7 Å². The zero-order valence-corrected chi connectivity index (χ0v) is 11.2. The van der Waals surface area contributed by atoms with Crippen molar-refractivity contribution in [2.24, 2.45) is 5.92 Å². The number of benzene rings is 1. The zero-order valence-electron chi connectivity index (χ0n) is 11.2. The van der Waals surface area contributed by atoms with E-state index < -0.39 is 0 Å². The van der Waals surface area contributed by atoms with E-state index >= 15 is 0 Å². The normalized spacial score (nSPS) is 12.4. The van der Waals surface area contributed by atoms with Crippen LogP contribution in [-0.2, 0) is 0 Å². The van der Waals surface area contributed by atoms with Gasteiger partial charge in [0.2, 0.25) is 0 Å². The van der Waals surface area contributed by atoms with Crippen molar-refractivity contribution in [3.05, 3.63) is 54.0 Å². The molecule has 1 atom stereocenters. The van der Waals surface area contributed by atoms with Crippen molar-refractivity contribution < 1.29 is 13.9 Å². The summed E-state index contributed by atoms with van der Waals surface area (Å²) < 4.78 is 11.4. The smallest absolute Gasteiger partial charge is 0.185 e. The molecule has 0 bridgehead atoms. The lowest BCUT2D eigenvalue weighted by Gasteiger charge is -2.19. The first-order valence-electron chi connectivity index (χ1n) is 6.45. The van der Waals surface area contributed by atoms with Crippen molar-refractivity contribution in [1.82, 2.24) is 0 Å². The van der Waals surface area contributed by atoms with Gasteiger partial charge in [0.1, 0.15) is 11.5 Å². The number of hydrogen-bond acceptors (Lipinski definition) is 3. The van der Waals surface area contributed by atoms with Crippen LogP contribution in [0.25, 0.3) is 0 Å². The molecule has 100 valence electrons. The van der Waals surface area contributed by atoms with Crippen LogP contribution in [0.4, 0.5) is 0 Å². The van der Waals surface area contributed by atoms with Gasteiger partial charge in [0.05, 0.1) is 0 Å². The summed E-state index contributed by atoms with van der Waals surface area (Å²) in [7, 11) is 0. The van der Waals surface area contributed by atoms with Gasteiger partial charge in [-0.3, -0.25) is 4.79 Å². The summed E-state index contributed by atoms with van der Waals surface area (Å²) in [5, 5.41) is 0. The maximum absolute atomic E-state index is 10.7. The third kappa shape index (κ3) is 3.71. The van der Waals surface area contributed by atoms with Crippen LogP contribution >= 0.6 is 0 Å².